The van der Waals surface area contributed by atoms with Gasteiger partial charge in [-0.25, -0.2) is 26.3 Å². The molecule has 6 heteroatoms. The van der Waals surface area contributed by atoms with Gasteiger partial charge < -0.3 is 0 Å². The topological polar surface area (TPSA) is 0 Å². The molecule has 19 heavy (non-hydrogen) atoms. The van der Waals surface area contributed by atoms with Crippen molar-refractivity contribution < 1.29 is 26.3 Å². The molecule has 2 aromatic rings. The van der Waals surface area contributed by atoms with E-state index in [1.165, 1.54) is 6.92 Å². The molecule has 0 aromatic heterocycles. The van der Waals surface area contributed by atoms with Crippen LogP contribution in [-0.2, 0) is 0 Å². The lowest BCUT2D eigenvalue weighted by Gasteiger charge is -2.11. The van der Waals surface area contributed by atoms with E-state index in [-0.39, 0.29) is 11.1 Å². The van der Waals surface area contributed by atoms with E-state index in [2.05, 4.69) is 0 Å². The molecule has 2 aromatic carbocycles. The fourth-order valence-corrected chi connectivity index (χ4v) is 1.72. The van der Waals surface area contributed by atoms with Crippen LogP contribution in [0.5, 0.6) is 0 Å². The highest BCUT2D eigenvalue weighted by Gasteiger charge is 2.27. The molecule has 0 fully saturated rings. The van der Waals surface area contributed by atoms with Crippen molar-refractivity contribution in [2.45, 2.75) is 6.92 Å². The lowest BCUT2D eigenvalue weighted by molar-refractivity contribution is 0.381. The molecule has 0 aliphatic heterocycles. The smallest absolute Gasteiger partial charge is 0.200 e. The molecule has 0 aliphatic rings. The van der Waals surface area contributed by atoms with Crippen LogP contribution in [0, 0.1) is 41.8 Å². The summed E-state index contributed by atoms with van der Waals surface area (Å²) in [6.45, 7) is 1.18. The average Bonchev–Trinajstić information content (AvgIpc) is 2.39. The van der Waals surface area contributed by atoms with Gasteiger partial charge in [0.2, 0.25) is 5.82 Å². The Hall–Kier alpha value is -1.98. The molecule has 0 bridgehead atoms. The van der Waals surface area contributed by atoms with Gasteiger partial charge in [-0.05, 0) is 24.1 Å². The second-order valence-electron chi connectivity index (χ2n) is 3.86. The first kappa shape index (κ1) is 13.5. The minimum absolute atomic E-state index is 0.203. The summed E-state index contributed by atoms with van der Waals surface area (Å²) in [4.78, 5) is 0. The normalized spacial score (nSPS) is 10.9. The summed E-state index contributed by atoms with van der Waals surface area (Å²) in [6.07, 6.45) is 0. The Labute approximate surface area is 104 Å². The Morgan fingerprint density at radius 3 is 1.68 bits per heavy atom. The van der Waals surface area contributed by atoms with Gasteiger partial charge in [-0.1, -0.05) is 12.1 Å². The Morgan fingerprint density at radius 1 is 0.684 bits per heavy atom. The van der Waals surface area contributed by atoms with Crippen molar-refractivity contribution in [3.63, 3.8) is 0 Å². The van der Waals surface area contributed by atoms with Crippen LogP contribution in [0.1, 0.15) is 5.56 Å². The molecule has 0 amide bonds. The molecular formula is C13H6F6. The average molecular weight is 276 g/mol. The number of hydrogen-bond donors (Lipinski definition) is 0. The largest absolute Gasteiger partial charge is 0.207 e. The van der Waals surface area contributed by atoms with Gasteiger partial charge in [-0.3, -0.25) is 0 Å². The van der Waals surface area contributed by atoms with Crippen LogP contribution in [0.2, 0.25) is 0 Å². The Balaban J connectivity index is 2.87. The molecule has 2 rings (SSSR count). The molecule has 0 N–H and O–H groups in total. The summed E-state index contributed by atoms with van der Waals surface area (Å²) < 4.78 is 79.4. The summed E-state index contributed by atoms with van der Waals surface area (Å²) in [5, 5.41) is 0. The first-order chi connectivity index (χ1) is 8.86. The van der Waals surface area contributed by atoms with E-state index >= 15 is 0 Å². The molecule has 0 saturated heterocycles. The van der Waals surface area contributed by atoms with Crippen molar-refractivity contribution >= 4 is 0 Å². The molecule has 0 aliphatic carbocycles. The van der Waals surface area contributed by atoms with Crippen molar-refractivity contribution in [2.75, 3.05) is 0 Å². The highest BCUT2D eigenvalue weighted by molar-refractivity contribution is 5.69. The maximum Gasteiger partial charge on any atom is 0.200 e. The van der Waals surface area contributed by atoms with E-state index < -0.39 is 40.5 Å². The van der Waals surface area contributed by atoms with Crippen LogP contribution in [0.15, 0.2) is 18.2 Å². The standard InChI is InChI=1S/C13H6F6/c1-5-6(3-2-4-7(5)14)8-9(15)11(17)13(19)12(18)10(8)16/h2-4H,1H3. The van der Waals surface area contributed by atoms with Crippen LogP contribution in [0.4, 0.5) is 26.3 Å². The molecule has 0 radical (unpaired) electrons. The minimum atomic E-state index is -2.24. The number of halogens is 6. The third-order valence-electron chi connectivity index (χ3n) is 2.75. The molecule has 0 unspecified atom stereocenters. The summed E-state index contributed by atoms with van der Waals surface area (Å²) in [5.41, 5.74) is -1.72. The van der Waals surface area contributed by atoms with E-state index in [0.717, 1.165) is 18.2 Å². The van der Waals surface area contributed by atoms with Crippen molar-refractivity contribution in [1.29, 1.82) is 0 Å². The highest BCUT2D eigenvalue weighted by atomic mass is 19.2. The minimum Gasteiger partial charge on any atom is -0.207 e. The number of hydrogen-bond acceptors (Lipinski definition) is 0. The van der Waals surface area contributed by atoms with Crippen molar-refractivity contribution in [3.8, 4) is 11.1 Å². The molecule has 0 spiro atoms. The summed E-state index contributed by atoms with van der Waals surface area (Å²) in [6, 6.07) is 3.22. The van der Waals surface area contributed by atoms with E-state index in [4.69, 9.17) is 0 Å². The number of benzene rings is 2. The fraction of sp³-hybridized carbons (Fsp3) is 0.0769. The first-order valence-electron chi connectivity index (χ1n) is 5.13. The predicted molar refractivity (Wildman–Crippen MR) is 56.4 cm³/mol. The zero-order valence-electron chi connectivity index (χ0n) is 9.50. The van der Waals surface area contributed by atoms with Gasteiger partial charge in [-0.15, -0.1) is 0 Å². The van der Waals surface area contributed by atoms with Crippen molar-refractivity contribution in [1.82, 2.24) is 0 Å². The van der Waals surface area contributed by atoms with E-state index in [9.17, 15) is 26.3 Å². The Morgan fingerprint density at radius 2 is 1.16 bits per heavy atom. The highest BCUT2D eigenvalue weighted by Crippen LogP contribution is 2.33. The quantitative estimate of drug-likeness (QED) is 0.409. The monoisotopic (exact) mass is 276 g/mol. The molecule has 0 saturated carbocycles. The molecule has 0 heterocycles. The fourth-order valence-electron chi connectivity index (χ4n) is 1.72. The van der Waals surface area contributed by atoms with Gasteiger partial charge in [0.15, 0.2) is 23.3 Å². The lowest BCUT2D eigenvalue weighted by Crippen LogP contribution is -2.05. The van der Waals surface area contributed by atoms with E-state index in [1.807, 2.05) is 0 Å². The van der Waals surface area contributed by atoms with Crippen LogP contribution >= 0.6 is 0 Å². The molecule has 0 nitrogen and oxygen atoms in total. The molecular weight excluding hydrogens is 270 g/mol. The molecule has 0 atom stereocenters. The van der Waals surface area contributed by atoms with Crippen LogP contribution in [0.25, 0.3) is 11.1 Å². The maximum absolute atomic E-state index is 13.6. The Bertz CT molecular complexity index is 634. The van der Waals surface area contributed by atoms with Crippen molar-refractivity contribution in [2.24, 2.45) is 0 Å². The van der Waals surface area contributed by atoms with Crippen molar-refractivity contribution in [3.05, 3.63) is 58.7 Å². The maximum atomic E-state index is 13.6. The van der Waals surface area contributed by atoms with Crippen LogP contribution < -0.4 is 0 Å². The Kier molecular flexibility index (Phi) is 3.26. The summed E-state index contributed by atoms with van der Waals surface area (Å²) in [7, 11) is 0. The van der Waals surface area contributed by atoms with Gasteiger partial charge in [0.1, 0.15) is 5.82 Å². The van der Waals surface area contributed by atoms with E-state index in [0.29, 0.717) is 0 Å². The van der Waals surface area contributed by atoms with Gasteiger partial charge in [0.25, 0.3) is 0 Å². The predicted octanol–water partition coefficient (Wildman–Crippen LogP) is 4.50. The third-order valence-corrected chi connectivity index (χ3v) is 2.75. The second kappa shape index (κ2) is 4.60. The van der Waals surface area contributed by atoms with Crippen LogP contribution in [-0.4, -0.2) is 0 Å². The lowest BCUT2D eigenvalue weighted by atomic mass is 9.98. The van der Waals surface area contributed by atoms with Crippen LogP contribution in [0.3, 0.4) is 0 Å². The summed E-state index contributed by atoms with van der Waals surface area (Å²) >= 11 is 0. The third kappa shape index (κ3) is 1.97. The number of rotatable bonds is 1. The zero-order chi connectivity index (χ0) is 14.3. The summed E-state index contributed by atoms with van der Waals surface area (Å²) in [5.74, 6) is -11.1. The second-order valence-corrected chi connectivity index (χ2v) is 3.86. The van der Waals surface area contributed by atoms with Gasteiger partial charge in [0, 0.05) is 0 Å². The van der Waals surface area contributed by atoms with Gasteiger partial charge >= 0.3 is 0 Å². The van der Waals surface area contributed by atoms with E-state index in [1.54, 1.807) is 0 Å². The SMILES string of the molecule is Cc1c(F)cccc1-c1c(F)c(F)c(F)c(F)c1F. The van der Waals surface area contributed by atoms with Gasteiger partial charge in [-0.2, -0.15) is 0 Å². The molecule has 100 valence electrons. The zero-order valence-corrected chi connectivity index (χ0v) is 9.50. The van der Waals surface area contributed by atoms with Gasteiger partial charge in [0.05, 0.1) is 5.56 Å². The first-order valence-corrected chi connectivity index (χ1v) is 5.13.